The normalized spacial score (nSPS) is 13.8. The number of aromatic amines is 1. The van der Waals surface area contributed by atoms with Crippen LogP contribution in [0.1, 0.15) is 26.5 Å². The molecule has 36 heavy (non-hydrogen) atoms. The van der Waals surface area contributed by atoms with E-state index in [0.717, 1.165) is 16.7 Å². The Kier molecular flexibility index (Phi) is 5.96. The Labute approximate surface area is 202 Å². The summed E-state index contributed by atoms with van der Waals surface area (Å²) in [6.07, 6.45) is 1.42. The second-order valence-corrected chi connectivity index (χ2v) is 8.35. The predicted molar refractivity (Wildman–Crippen MR) is 125 cm³/mol. The van der Waals surface area contributed by atoms with E-state index in [-0.39, 0.29) is 59.2 Å². The molecule has 1 aliphatic rings. The van der Waals surface area contributed by atoms with Crippen LogP contribution in [0.25, 0.3) is 10.9 Å². The lowest BCUT2D eigenvalue weighted by Crippen LogP contribution is -2.50. The number of nitrogens with one attached hydrogen (secondary N) is 1. The number of hydrogen-bond donors (Lipinski definition) is 1. The van der Waals surface area contributed by atoms with Crippen molar-refractivity contribution >= 4 is 22.7 Å². The van der Waals surface area contributed by atoms with E-state index in [4.69, 9.17) is 4.42 Å². The number of fused-ring (bicyclic) bond motifs is 1. The lowest BCUT2D eigenvalue weighted by Gasteiger charge is -2.34. The molecule has 2 aromatic carbocycles. The number of benzene rings is 2. The van der Waals surface area contributed by atoms with Gasteiger partial charge in [0.2, 0.25) is 0 Å². The Morgan fingerprint density at radius 2 is 1.61 bits per heavy atom. The second kappa shape index (κ2) is 9.25. The standard InChI is InChI=1S/C25H20F2N4O5/c26-17-7-6-15(23(33)29-8-10-30(11-9-29)24(34)20-5-2-12-36-20)13-16(17)14-31-19-4-1-3-18(27)21(19)22(32)28-25(31)35/h1-7,12-13H,8-11,14H2,(H,28,32,35). The van der Waals surface area contributed by atoms with Crippen molar-refractivity contribution in [3.63, 3.8) is 0 Å². The molecule has 1 fully saturated rings. The number of carbonyl (C=O) groups is 2. The molecule has 1 N–H and O–H groups in total. The van der Waals surface area contributed by atoms with E-state index in [2.05, 4.69) is 4.98 Å². The first kappa shape index (κ1) is 23.2. The van der Waals surface area contributed by atoms with E-state index < -0.39 is 22.9 Å². The molecule has 5 rings (SSSR count). The fraction of sp³-hybridized carbons (Fsp3) is 0.200. The van der Waals surface area contributed by atoms with Gasteiger partial charge in [-0.05, 0) is 42.5 Å². The third kappa shape index (κ3) is 4.19. The molecule has 0 bridgehead atoms. The number of nitrogens with zero attached hydrogens (tertiary/aromatic N) is 3. The van der Waals surface area contributed by atoms with Crippen LogP contribution in [-0.4, -0.2) is 57.3 Å². The van der Waals surface area contributed by atoms with Crippen LogP contribution in [0.5, 0.6) is 0 Å². The van der Waals surface area contributed by atoms with Gasteiger partial charge in [0.25, 0.3) is 17.4 Å². The number of hydrogen-bond acceptors (Lipinski definition) is 5. The fourth-order valence-electron chi connectivity index (χ4n) is 4.31. The van der Waals surface area contributed by atoms with Crippen molar-refractivity contribution in [2.45, 2.75) is 6.54 Å². The first-order valence-electron chi connectivity index (χ1n) is 11.2. The molecule has 1 aliphatic heterocycles. The number of piperazine rings is 1. The fourth-order valence-corrected chi connectivity index (χ4v) is 4.31. The van der Waals surface area contributed by atoms with E-state index in [9.17, 15) is 28.0 Å². The quantitative estimate of drug-likeness (QED) is 0.468. The van der Waals surface area contributed by atoms with E-state index in [1.165, 1.54) is 30.5 Å². The van der Waals surface area contributed by atoms with Crippen LogP contribution in [0.2, 0.25) is 0 Å². The highest BCUT2D eigenvalue weighted by Crippen LogP contribution is 2.18. The van der Waals surface area contributed by atoms with Crippen LogP contribution in [0.3, 0.4) is 0 Å². The number of amides is 2. The summed E-state index contributed by atoms with van der Waals surface area (Å²) >= 11 is 0. The Morgan fingerprint density at radius 1 is 0.889 bits per heavy atom. The molecule has 2 aromatic heterocycles. The molecule has 3 heterocycles. The predicted octanol–water partition coefficient (Wildman–Crippen LogP) is 2.21. The lowest BCUT2D eigenvalue weighted by atomic mass is 10.1. The summed E-state index contributed by atoms with van der Waals surface area (Å²) in [5.41, 5.74) is -1.47. The molecule has 0 spiro atoms. The highest BCUT2D eigenvalue weighted by atomic mass is 19.1. The summed E-state index contributed by atoms with van der Waals surface area (Å²) in [4.78, 5) is 55.3. The van der Waals surface area contributed by atoms with E-state index in [0.29, 0.717) is 13.1 Å². The van der Waals surface area contributed by atoms with Crippen molar-refractivity contribution < 1.29 is 22.8 Å². The van der Waals surface area contributed by atoms with Crippen molar-refractivity contribution in [1.82, 2.24) is 19.4 Å². The van der Waals surface area contributed by atoms with Gasteiger partial charge in [0, 0.05) is 37.3 Å². The summed E-state index contributed by atoms with van der Waals surface area (Å²) in [5.74, 6) is -1.86. The molecule has 2 amide bonds. The van der Waals surface area contributed by atoms with Crippen LogP contribution < -0.4 is 11.2 Å². The molecule has 0 atom stereocenters. The molecule has 0 aliphatic carbocycles. The van der Waals surface area contributed by atoms with Crippen molar-refractivity contribution in [3.8, 4) is 0 Å². The summed E-state index contributed by atoms with van der Waals surface area (Å²) in [5, 5.41) is -0.313. The zero-order chi connectivity index (χ0) is 25.4. The maximum Gasteiger partial charge on any atom is 0.329 e. The van der Waals surface area contributed by atoms with Crippen LogP contribution in [0, 0.1) is 11.6 Å². The minimum atomic E-state index is -0.876. The molecule has 184 valence electrons. The summed E-state index contributed by atoms with van der Waals surface area (Å²) in [6.45, 7) is 0.851. The van der Waals surface area contributed by atoms with Crippen LogP contribution in [0.15, 0.2) is 68.8 Å². The smallest absolute Gasteiger partial charge is 0.329 e. The van der Waals surface area contributed by atoms with Gasteiger partial charge in [-0.2, -0.15) is 0 Å². The van der Waals surface area contributed by atoms with Gasteiger partial charge in [-0.1, -0.05) is 6.07 Å². The Bertz CT molecular complexity index is 1580. The first-order valence-corrected chi connectivity index (χ1v) is 11.2. The average molecular weight is 494 g/mol. The highest BCUT2D eigenvalue weighted by molar-refractivity contribution is 5.95. The van der Waals surface area contributed by atoms with Gasteiger partial charge in [-0.15, -0.1) is 0 Å². The van der Waals surface area contributed by atoms with Crippen LogP contribution >= 0.6 is 0 Å². The zero-order valence-corrected chi connectivity index (χ0v) is 18.9. The number of rotatable bonds is 4. The van der Waals surface area contributed by atoms with Gasteiger partial charge in [-0.25, -0.2) is 13.6 Å². The van der Waals surface area contributed by atoms with Gasteiger partial charge < -0.3 is 14.2 Å². The van der Waals surface area contributed by atoms with Gasteiger partial charge in [-0.3, -0.25) is 23.9 Å². The number of furan rings is 1. The van der Waals surface area contributed by atoms with Crippen molar-refractivity contribution in [3.05, 3.63) is 104 Å². The summed E-state index contributed by atoms with van der Waals surface area (Å²) in [7, 11) is 0. The Balaban J connectivity index is 1.37. The molecule has 0 unspecified atom stereocenters. The first-order chi connectivity index (χ1) is 17.3. The monoisotopic (exact) mass is 494 g/mol. The molecule has 11 heteroatoms. The number of carbonyl (C=O) groups excluding carboxylic acids is 2. The number of halogens is 2. The van der Waals surface area contributed by atoms with Crippen LogP contribution in [-0.2, 0) is 6.54 Å². The van der Waals surface area contributed by atoms with Crippen molar-refractivity contribution in [2.24, 2.45) is 0 Å². The third-order valence-electron chi connectivity index (χ3n) is 6.18. The average Bonchev–Trinajstić information content (AvgIpc) is 3.42. The SMILES string of the molecule is O=C(c1ccc(F)c(Cn2c(=O)[nH]c(=O)c3c(F)cccc32)c1)N1CCN(C(=O)c2ccco2)CC1. The van der Waals surface area contributed by atoms with Crippen molar-refractivity contribution in [1.29, 1.82) is 0 Å². The largest absolute Gasteiger partial charge is 0.459 e. The van der Waals surface area contributed by atoms with Gasteiger partial charge in [0.15, 0.2) is 5.76 Å². The molecule has 1 saturated heterocycles. The molecular weight excluding hydrogens is 474 g/mol. The molecule has 4 aromatic rings. The Morgan fingerprint density at radius 3 is 2.31 bits per heavy atom. The highest BCUT2D eigenvalue weighted by Gasteiger charge is 2.27. The molecule has 0 radical (unpaired) electrons. The van der Waals surface area contributed by atoms with Gasteiger partial charge in [0.05, 0.1) is 23.7 Å². The zero-order valence-electron chi connectivity index (χ0n) is 18.9. The third-order valence-corrected chi connectivity index (χ3v) is 6.18. The van der Waals surface area contributed by atoms with E-state index >= 15 is 0 Å². The number of aromatic nitrogens is 2. The molecule has 0 saturated carbocycles. The summed E-state index contributed by atoms with van der Waals surface area (Å²) in [6, 6.07) is 10.8. The second-order valence-electron chi connectivity index (χ2n) is 8.35. The van der Waals surface area contributed by atoms with Crippen molar-refractivity contribution in [2.75, 3.05) is 26.2 Å². The lowest BCUT2D eigenvalue weighted by molar-refractivity contribution is 0.0518. The van der Waals surface area contributed by atoms with E-state index in [1.54, 1.807) is 21.9 Å². The molecule has 9 nitrogen and oxygen atoms in total. The van der Waals surface area contributed by atoms with E-state index in [1.807, 2.05) is 0 Å². The van der Waals surface area contributed by atoms with Gasteiger partial charge >= 0.3 is 5.69 Å². The molecular formula is C25H20F2N4O5. The Hall–Kier alpha value is -4.54. The maximum atomic E-state index is 14.7. The minimum absolute atomic E-state index is 0.0113. The minimum Gasteiger partial charge on any atom is -0.459 e. The number of H-pyrrole nitrogens is 1. The maximum absolute atomic E-state index is 14.7. The summed E-state index contributed by atoms with van der Waals surface area (Å²) < 4.78 is 35.1. The topological polar surface area (TPSA) is 109 Å². The van der Waals surface area contributed by atoms with Crippen LogP contribution in [0.4, 0.5) is 8.78 Å². The van der Waals surface area contributed by atoms with Gasteiger partial charge in [0.1, 0.15) is 11.6 Å².